The molecule has 3 aromatic carbocycles. The molecular formula is C31H27Cl2FN2O5. The number of nitrogens with one attached hydrogen (secondary N) is 2. The molecule has 1 saturated carbocycles. The van der Waals surface area contributed by atoms with Crippen molar-refractivity contribution in [3.05, 3.63) is 92.7 Å². The van der Waals surface area contributed by atoms with E-state index in [1.807, 2.05) is 0 Å². The molecule has 1 spiro atoms. The third-order valence-electron chi connectivity index (χ3n) is 8.67. The summed E-state index contributed by atoms with van der Waals surface area (Å²) in [4.78, 5) is 40.6. The van der Waals surface area contributed by atoms with E-state index in [1.54, 1.807) is 49.4 Å². The van der Waals surface area contributed by atoms with Crippen LogP contribution in [0, 0.1) is 12.7 Å². The number of rotatable bonds is 5. The lowest BCUT2D eigenvalue weighted by atomic mass is 9.59. The number of esters is 1. The molecular weight excluding hydrogens is 570 g/mol. The van der Waals surface area contributed by atoms with Gasteiger partial charge in [-0.05, 0) is 85.3 Å². The van der Waals surface area contributed by atoms with E-state index in [0.29, 0.717) is 56.6 Å². The molecule has 0 aromatic heterocycles. The molecule has 3 aliphatic rings. The van der Waals surface area contributed by atoms with Crippen LogP contribution < -0.4 is 15.4 Å². The molecule has 3 unspecified atom stereocenters. The van der Waals surface area contributed by atoms with Crippen molar-refractivity contribution in [2.45, 2.75) is 55.6 Å². The molecule has 2 amide bonds. The average Bonchev–Trinajstić information content (AvgIpc) is 3.20. The summed E-state index contributed by atoms with van der Waals surface area (Å²) in [6.45, 7) is 1.80. The van der Waals surface area contributed by atoms with Crippen molar-refractivity contribution < 1.29 is 28.2 Å². The molecule has 7 nitrogen and oxygen atoms in total. The summed E-state index contributed by atoms with van der Waals surface area (Å²) in [5.74, 6) is -2.19. The summed E-state index contributed by atoms with van der Waals surface area (Å²) in [6.07, 6.45) is 1.61. The van der Waals surface area contributed by atoms with Gasteiger partial charge in [0.1, 0.15) is 17.0 Å². The number of amides is 2. The van der Waals surface area contributed by atoms with E-state index >= 15 is 0 Å². The Bertz CT molecular complexity index is 1610. The van der Waals surface area contributed by atoms with Crippen LogP contribution in [0.5, 0.6) is 5.75 Å². The van der Waals surface area contributed by atoms with Gasteiger partial charge in [0.15, 0.2) is 0 Å². The SMILES string of the molecule is COC(=O)C1(Oc2ccc(Cl)cc2C2CC(=O)NC(c3cc(F)ccc3C)C23C(=O)Nc2cc(Cl)ccc23)CCC1. The maximum Gasteiger partial charge on any atom is 0.350 e. The Kier molecular flexibility index (Phi) is 6.74. The van der Waals surface area contributed by atoms with Gasteiger partial charge in [-0.15, -0.1) is 0 Å². The number of benzene rings is 3. The van der Waals surface area contributed by atoms with Gasteiger partial charge in [0.05, 0.1) is 13.2 Å². The molecule has 0 radical (unpaired) electrons. The number of hydrogen-bond donors (Lipinski definition) is 2. The predicted molar refractivity (Wildman–Crippen MR) is 152 cm³/mol. The number of carbonyl (C=O) groups is 3. The molecule has 212 valence electrons. The molecule has 2 aliphatic heterocycles. The van der Waals surface area contributed by atoms with Crippen molar-refractivity contribution in [3.8, 4) is 5.75 Å². The van der Waals surface area contributed by atoms with Crippen molar-refractivity contribution >= 4 is 46.7 Å². The number of carbonyl (C=O) groups excluding carboxylic acids is 3. The second-order valence-corrected chi connectivity index (χ2v) is 11.8. The van der Waals surface area contributed by atoms with Crippen LogP contribution in [-0.4, -0.2) is 30.5 Å². The van der Waals surface area contributed by atoms with Gasteiger partial charge in [-0.2, -0.15) is 0 Å². The second-order valence-electron chi connectivity index (χ2n) is 10.9. The van der Waals surface area contributed by atoms with Crippen LogP contribution in [0.1, 0.15) is 59.9 Å². The minimum atomic E-state index is -1.44. The summed E-state index contributed by atoms with van der Waals surface area (Å²) < 4.78 is 26.2. The minimum absolute atomic E-state index is 0.0950. The zero-order chi connectivity index (χ0) is 29.1. The zero-order valence-corrected chi connectivity index (χ0v) is 23.9. The first-order valence-electron chi connectivity index (χ1n) is 13.3. The van der Waals surface area contributed by atoms with Gasteiger partial charge in [-0.3, -0.25) is 9.59 Å². The monoisotopic (exact) mass is 596 g/mol. The Morgan fingerprint density at radius 2 is 1.73 bits per heavy atom. The van der Waals surface area contributed by atoms with E-state index in [0.717, 1.165) is 6.42 Å². The number of aryl methyl sites for hydroxylation is 1. The van der Waals surface area contributed by atoms with E-state index in [4.69, 9.17) is 32.7 Å². The topological polar surface area (TPSA) is 93.7 Å². The highest BCUT2D eigenvalue weighted by molar-refractivity contribution is 6.31. The number of fused-ring (bicyclic) bond motifs is 2. The highest BCUT2D eigenvalue weighted by Crippen LogP contribution is 2.59. The largest absolute Gasteiger partial charge is 0.475 e. The lowest BCUT2D eigenvalue weighted by Gasteiger charge is -2.47. The van der Waals surface area contributed by atoms with Crippen LogP contribution in [0.2, 0.25) is 10.0 Å². The van der Waals surface area contributed by atoms with Crippen molar-refractivity contribution in [2.24, 2.45) is 0 Å². The van der Waals surface area contributed by atoms with E-state index in [2.05, 4.69) is 10.6 Å². The number of anilines is 1. The number of piperidine rings is 1. The highest BCUT2D eigenvalue weighted by Gasteiger charge is 2.62. The van der Waals surface area contributed by atoms with Crippen molar-refractivity contribution in [3.63, 3.8) is 0 Å². The van der Waals surface area contributed by atoms with Gasteiger partial charge < -0.3 is 20.1 Å². The van der Waals surface area contributed by atoms with Gasteiger partial charge >= 0.3 is 5.97 Å². The van der Waals surface area contributed by atoms with Crippen LogP contribution in [-0.2, 0) is 24.5 Å². The predicted octanol–water partition coefficient (Wildman–Crippen LogP) is 6.15. The molecule has 3 aromatic rings. The highest BCUT2D eigenvalue weighted by atomic mass is 35.5. The lowest BCUT2D eigenvalue weighted by molar-refractivity contribution is -0.167. The number of methoxy groups -OCH3 is 1. The van der Waals surface area contributed by atoms with Crippen LogP contribution >= 0.6 is 23.2 Å². The summed E-state index contributed by atoms with van der Waals surface area (Å²) in [6, 6.07) is 13.4. The molecule has 2 heterocycles. The van der Waals surface area contributed by atoms with Crippen LogP contribution in [0.15, 0.2) is 54.6 Å². The molecule has 2 fully saturated rings. The first-order chi connectivity index (χ1) is 19.6. The fourth-order valence-corrected chi connectivity index (χ4v) is 6.92. The molecule has 10 heteroatoms. The maximum atomic E-state index is 14.7. The molecule has 3 atom stereocenters. The Morgan fingerprint density at radius 1 is 1.00 bits per heavy atom. The summed E-state index contributed by atoms with van der Waals surface area (Å²) in [5.41, 5.74) is 0.139. The smallest absolute Gasteiger partial charge is 0.350 e. The van der Waals surface area contributed by atoms with Gasteiger partial charge in [-0.1, -0.05) is 35.3 Å². The first kappa shape index (κ1) is 27.5. The molecule has 0 bridgehead atoms. The van der Waals surface area contributed by atoms with Crippen molar-refractivity contribution in [1.82, 2.24) is 5.32 Å². The van der Waals surface area contributed by atoms with Crippen LogP contribution in [0.4, 0.5) is 10.1 Å². The van der Waals surface area contributed by atoms with Crippen LogP contribution in [0.3, 0.4) is 0 Å². The normalized spacial score (nSPS) is 24.2. The Hall–Kier alpha value is -3.62. The summed E-state index contributed by atoms with van der Waals surface area (Å²) in [7, 11) is 1.31. The third kappa shape index (κ3) is 4.27. The Balaban J connectivity index is 1.61. The van der Waals surface area contributed by atoms with Crippen molar-refractivity contribution in [2.75, 3.05) is 12.4 Å². The fourth-order valence-electron chi connectivity index (χ4n) is 6.57. The Morgan fingerprint density at radius 3 is 2.44 bits per heavy atom. The van der Waals surface area contributed by atoms with E-state index < -0.39 is 34.8 Å². The molecule has 41 heavy (non-hydrogen) atoms. The molecule has 2 N–H and O–H groups in total. The quantitative estimate of drug-likeness (QED) is 0.344. The molecule has 1 saturated heterocycles. The fraction of sp³-hybridized carbons (Fsp3) is 0.323. The second kappa shape index (κ2) is 10.0. The van der Waals surface area contributed by atoms with Gasteiger partial charge in [-0.25, -0.2) is 9.18 Å². The maximum absolute atomic E-state index is 14.7. The number of ether oxygens (including phenoxy) is 2. The molecule has 1 aliphatic carbocycles. The van der Waals surface area contributed by atoms with Gasteiger partial charge in [0, 0.05) is 33.6 Å². The summed E-state index contributed by atoms with van der Waals surface area (Å²) in [5, 5.41) is 6.75. The summed E-state index contributed by atoms with van der Waals surface area (Å²) >= 11 is 12.8. The standard InChI is InChI=1S/C31H27Cl2FN2O5/c1-16-4-7-19(34)14-20(16)27-31(22-8-5-18(33)13-24(22)35-28(31)38)23(15-26(37)36-27)21-12-17(32)6-9-25(21)41-30(10-3-11-30)29(39)40-2/h4-9,12-14,23,27H,3,10-11,15H2,1-2H3,(H,35,38)(H,36,37). The third-order valence-corrected chi connectivity index (χ3v) is 9.14. The molecule has 6 rings (SSSR count). The number of halogens is 3. The van der Waals surface area contributed by atoms with E-state index in [9.17, 15) is 18.8 Å². The first-order valence-corrected chi connectivity index (χ1v) is 14.1. The number of hydrogen-bond acceptors (Lipinski definition) is 5. The van der Waals surface area contributed by atoms with Crippen LogP contribution in [0.25, 0.3) is 0 Å². The van der Waals surface area contributed by atoms with Crippen molar-refractivity contribution in [1.29, 1.82) is 0 Å². The van der Waals surface area contributed by atoms with Gasteiger partial charge in [0.2, 0.25) is 17.4 Å². The minimum Gasteiger partial charge on any atom is -0.475 e. The Labute approximate surface area is 246 Å². The van der Waals surface area contributed by atoms with E-state index in [1.165, 1.54) is 19.2 Å². The zero-order valence-electron chi connectivity index (χ0n) is 22.4. The lowest BCUT2D eigenvalue weighted by Crippen LogP contribution is -2.57. The van der Waals surface area contributed by atoms with E-state index in [-0.39, 0.29) is 18.2 Å². The average molecular weight is 597 g/mol. The van der Waals surface area contributed by atoms with Gasteiger partial charge in [0.25, 0.3) is 0 Å².